The summed E-state index contributed by atoms with van der Waals surface area (Å²) in [5.74, 6) is 5.65. The van der Waals surface area contributed by atoms with Crippen LogP contribution in [-0.2, 0) is 0 Å². The highest BCUT2D eigenvalue weighted by molar-refractivity contribution is 5.08. The number of hydrogen-bond acceptors (Lipinski definition) is 4. The molecule has 1 aromatic rings. The van der Waals surface area contributed by atoms with Crippen molar-refractivity contribution in [2.24, 2.45) is 11.3 Å². The van der Waals surface area contributed by atoms with Gasteiger partial charge in [-0.15, -0.1) is 0 Å². The Balaban J connectivity index is 2.24. The van der Waals surface area contributed by atoms with Crippen molar-refractivity contribution in [2.75, 3.05) is 0 Å². The van der Waals surface area contributed by atoms with Gasteiger partial charge in [0.2, 0.25) is 0 Å². The van der Waals surface area contributed by atoms with Crippen molar-refractivity contribution in [3.05, 3.63) is 24.3 Å². The summed E-state index contributed by atoms with van der Waals surface area (Å²) in [6.45, 7) is 2.28. The summed E-state index contributed by atoms with van der Waals surface area (Å²) in [5.41, 5.74) is 4.07. The molecule has 1 aliphatic carbocycles. The summed E-state index contributed by atoms with van der Waals surface area (Å²) in [6, 6.07) is 0.119. The monoisotopic (exact) mass is 206 g/mol. The van der Waals surface area contributed by atoms with Gasteiger partial charge in [-0.25, -0.2) is 0 Å². The lowest BCUT2D eigenvalue weighted by atomic mass is 9.79. The lowest BCUT2D eigenvalue weighted by molar-refractivity contribution is 0.220. The van der Waals surface area contributed by atoms with Crippen LogP contribution in [0.3, 0.4) is 0 Å². The van der Waals surface area contributed by atoms with Gasteiger partial charge in [0, 0.05) is 12.4 Å². The van der Waals surface area contributed by atoms with Gasteiger partial charge < -0.3 is 0 Å². The van der Waals surface area contributed by atoms with E-state index in [1.54, 1.807) is 18.6 Å². The number of aromatic nitrogens is 2. The number of rotatable bonds is 3. The van der Waals surface area contributed by atoms with Crippen LogP contribution in [0.4, 0.5) is 0 Å². The molecule has 0 amide bonds. The molecule has 4 nitrogen and oxygen atoms in total. The minimum absolute atomic E-state index is 0.119. The maximum Gasteiger partial charge on any atom is 0.0775 e. The quantitative estimate of drug-likeness (QED) is 0.582. The smallest absolute Gasteiger partial charge is 0.0775 e. The molecule has 1 fully saturated rings. The molecule has 1 atom stereocenters. The minimum Gasteiger partial charge on any atom is -0.271 e. The van der Waals surface area contributed by atoms with Crippen molar-refractivity contribution in [1.82, 2.24) is 15.4 Å². The van der Waals surface area contributed by atoms with Gasteiger partial charge in [-0.05, 0) is 18.3 Å². The van der Waals surface area contributed by atoms with Crippen LogP contribution < -0.4 is 11.3 Å². The zero-order valence-electron chi connectivity index (χ0n) is 9.11. The van der Waals surface area contributed by atoms with Gasteiger partial charge in [0.05, 0.1) is 17.9 Å². The van der Waals surface area contributed by atoms with Crippen LogP contribution >= 0.6 is 0 Å². The van der Waals surface area contributed by atoms with Crippen molar-refractivity contribution in [1.29, 1.82) is 0 Å². The molecule has 1 aromatic heterocycles. The Morgan fingerprint density at radius 3 is 2.67 bits per heavy atom. The molecule has 0 bridgehead atoms. The van der Waals surface area contributed by atoms with E-state index in [0.717, 1.165) is 5.69 Å². The molecule has 1 unspecified atom stereocenters. The van der Waals surface area contributed by atoms with Crippen LogP contribution in [0.5, 0.6) is 0 Å². The molecular weight excluding hydrogens is 188 g/mol. The first-order valence-corrected chi connectivity index (χ1v) is 5.48. The second kappa shape index (κ2) is 4.24. The predicted octanol–water partition coefficient (Wildman–Crippen LogP) is 1.56. The molecule has 2 rings (SSSR count). The summed E-state index contributed by atoms with van der Waals surface area (Å²) in [5, 5.41) is 0. The highest BCUT2D eigenvalue weighted by Crippen LogP contribution is 2.46. The van der Waals surface area contributed by atoms with Gasteiger partial charge in [-0.1, -0.05) is 19.8 Å². The van der Waals surface area contributed by atoms with Crippen molar-refractivity contribution in [3.63, 3.8) is 0 Å². The van der Waals surface area contributed by atoms with Crippen LogP contribution in [0.25, 0.3) is 0 Å². The van der Waals surface area contributed by atoms with Crippen LogP contribution in [-0.4, -0.2) is 9.97 Å². The Morgan fingerprint density at radius 2 is 2.13 bits per heavy atom. The minimum atomic E-state index is 0.119. The molecule has 1 aliphatic rings. The average molecular weight is 206 g/mol. The lowest BCUT2D eigenvalue weighted by Gasteiger charge is -2.32. The van der Waals surface area contributed by atoms with Gasteiger partial charge in [0.1, 0.15) is 0 Å². The van der Waals surface area contributed by atoms with E-state index >= 15 is 0 Å². The standard InChI is InChI=1S/C11H18N4/c1-11(4-2-3-5-11)10(15-12)9-8-13-6-7-14-9/h6-8,10,15H,2-5,12H2,1H3. The zero-order chi connectivity index (χ0) is 10.7. The van der Waals surface area contributed by atoms with Crippen LogP contribution in [0.1, 0.15) is 44.3 Å². The molecule has 3 N–H and O–H groups in total. The van der Waals surface area contributed by atoms with Crippen molar-refractivity contribution in [2.45, 2.75) is 38.6 Å². The summed E-state index contributed by atoms with van der Waals surface area (Å²) < 4.78 is 0. The predicted molar refractivity (Wildman–Crippen MR) is 58.7 cm³/mol. The van der Waals surface area contributed by atoms with E-state index in [2.05, 4.69) is 22.3 Å². The van der Waals surface area contributed by atoms with Gasteiger partial charge >= 0.3 is 0 Å². The van der Waals surface area contributed by atoms with E-state index < -0.39 is 0 Å². The van der Waals surface area contributed by atoms with Gasteiger partial charge in [0.15, 0.2) is 0 Å². The van der Waals surface area contributed by atoms with E-state index in [1.165, 1.54) is 25.7 Å². The third kappa shape index (κ3) is 2.01. The first kappa shape index (κ1) is 10.5. The lowest BCUT2D eigenvalue weighted by Crippen LogP contribution is -2.39. The summed E-state index contributed by atoms with van der Waals surface area (Å²) in [7, 11) is 0. The number of nitrogens with zero attached hydrogens (tertiary/aromatic N) is 2. The van der Waals surface area contributed by atoms with Crippen molar-refractivity contribution >= 4 is 0 Å². The van der Waals surface area contributed by atoms with Gasteiger partial charge in [0.25, 0.3) is 0 Å². The normalized spacial score (nSPS) is 21.5. The van der Waals surface area contributed by atoms with E-state index in [-0.39, 0.29) is 11.5 Å². The van der Waals surface area contributed by atoms with E-state index in [1.807, 2.05) is 0 Å². The second-order valence-electron chi connectivity index (χ2n) is 4.59. The summed E-state index contributed by atoms with van der Waals surface area (Å²) in [6.07, 6.45) is 10.2. The molecule has 4 heteroatoms. The Morgan fingerprint density at radius 1 is 1.40 bits per heavy atom. The molecule has 1 saturated carbocycles. The first-order chi connectivity index (χ1) is 7.26. The number of hydrogen-bond donors (Lipinski definition) is 2. The van der Waals surface area contributed by atoms with E-state index in [9.17, 15) is 0 Å². The highest BCUT2D eigenvalue weighted by atomic mass is 15.2. The number of hydrazine groups is 1. The maximum atomic E-state index is 5.65. The van der Waals surface area contributed by atoms with Crippen LogP contribution in [0.15, 0.2) is 18.6 Å². The SMILES string of the molecule is CC1(C(NN)c2cnccn2)CCCC1. The zero-order valence-corrected chi connectivity index (χ0v) is 9.11. The molecule has 1 heterocycles. The van der Waals surface area contributed by atoms with Crippen LogP contribution in [0.2, 0.25) is 0 Å². The maximum absolute atomic E-state index is 5.65. The molecule has 0 radical (unpaired) electrons. The highest BCUT2D eigenvalue weighted by Gasteiger charge is 2.38. The second-order valence-corrected chi connectivity index (χ2v) is 4.59. The Kier molecular flexibility index (Phi) is 2.98. The summed E-state index contributed by atoms with van der Waals surface area (Å²) >= 11 is 0. The van der Waals surface area contributed by atoms with Crippen molar-refractivity contribution < 1.29 is 0 Å². The fourth-order valence-electron chi connectivity index (χ4n) is 2.57. The third-order valence-electron chi connectivity index (χ3n) is 3.49. The summed E-state index contributed by atoms with van der Waals surface area (Å²) in [4.78, 5) is 8.43. The molecule has 0 saturated heterocycles. The Labute approximate surface area is 90.3 Å². The first-order valence-electron chi connectivity index (χ1n) is 5.48. The van der Waals surface area contributed by atoms with Crippen LogP contribution in [0, 0.1) is 5.41 Å². The number of nitrogens with two attached hydrogens (primary N) is 1. The average Bonchev–Trinajstić information content (AvgIpc) is 2.68. The largest absolute Gasteiger partial charge is 0.271 e. The van der Waals surface area contributed by atoms with Crippen molar-refractivity contribution in [3.8, 4) is 0 Å². The molecule has 15 heavy (non-hydrogen) atoms. The fourth-order valence-corrected chi connectivity index (χ4v) is 2.57. The van der Waals surface area contributed by atoms with Gasteiger partial charge in [-0.2, -0.15) is 0 Å². The molecule has 82 valence electrons. The van der Waals surface area contributed by atoms with E-state index in [4.69, 9.17) is 5.84 Å². The fraction of sp³-hybridized carbons (Fsp3) is 0.636. The molecular formula is C11H18N4. The van der Waals surface area contributed by atoms with Gasteiger partial charge in [-0.3, -0.25) is 21.2 Å². The molecule has 0 aromatic carbocycles. The Bertz CT molecular complexity index is 306. The molecule has 0 aliphatic heterocycles. The number of nitrogens with one attached hydrogen (secondary N) is 1. The topological polar surface area (TPSA) is 63.8 Å². The van der Waals surface area contributed by atoms with E-state index in [0.29, 0.717) is 0 Å². The third-order valence-corrected chi connectivity index (χ3v) is 3.49. The molecule has 0 spiro atoms. The Hall–Kier alpha value is -1.00.